The van der Waals surface area contributed by atoms with Crippen LogP contribution < -0.4 is 20.9 Å². The Morgan fingerprint density at radius 1 is 1.05 bits per heavy atom. The van der Waals surface area contributed by atoms with Gasteiger partial charge in [0.15, 0.2) is 5.75 Å². The Morgan fingerprint density at radius 2 is 1.76 bits per heavy atom. The fourth-order valence-corrected chi connectivity index (χ4v) is 5.26. The Morgan fingerprint density at radius 3 is 2.45 bits per heavy atom. The lowest BCUT2D eigenvalue weighted by molar-refractivity contribution is -0.112. The highest BCUT2D eigenvalue weighted by Gasteiger charge is 2.26. The summed E-state index contributed by atoms with van der Waals surface area (Å²) in [7, 11) is -3.91. The number of nitrogens with two attached hydrogens (primary N) is 2. The largest absolute Gasteiger partial charge is 0.455 e. The van der Waals surface area contributed by atoms with E-state index in [1.807, 2.05) is 6.92 Å². The van der Waals surface area contributed by atoms with Crippen LogP contribution in [0.3, 0.4) is 0 Å². The van der Waals surface area contributed by atoms with Gasteiger partial charge in [-0.05, 0) is 35.7 Å². The molecule has 4 rings (SSSR count). The highest BCUT2D eigenvalue weighted by molar-refractivity contribution is 7.89. The van der Waals surface area contributed by atoms with Crippen molar-refractivity contribution < 1.29 is 17.9 Å². The van der Waals surface area contributed by atoms with Crippen LogP contribution in [0.1, 0.15) is 24.0 Å². The summed E-state index contributed by atoms with van der Waals surface area (Å²) >= 11 is 12.4. The van der Waals surface area contributed by atoms with E-state index < -0.39 is 15.9 Å². The number of rotatable bonds is 7. The monoisotopic (exact) mass is 570 g/mol. The SMILES string of the molecule is CC1C=C(C(=O)Nc2cc(Cl)c(Cl)cc2Oc2cccc(C(=N)N)c2)C=CC1c1ccccc1S(N)(=O)=O. The second-order valence-corrected chi connectivity index (χ2v) is 11.1. The fraction of sp³-hybridized carbons (Fsp3) is 0.111. The zero-order valence-electron chi connectivity index (χ0n) is 20.1. The second kappa shape index (κ2) is 11.0. The van der Waals surface area contributed by atoms with Crippen LogP contribution in [0.2, 0.25) is 10.0 Å². The first-order chi connectivity index (χ1) is 17.9. The lowest BCUT2D eigenvalue weighted by atomic mass is 9.82. The summed E-state index contributed by atoms with van der Waals surface area (Å²) < 4.78 is 30.1. The van der Waals surface area contributed by atoms with Gasteiger partial charge in [-0.2, -0.15) is 0 Å². The molecule has 0 saturated carbocycles. The van der Waals surface area contributed by atoms with Crippen molar-refractivity contribution in [1.82, 2.24) is 0 Å². The molecule has 3 aromatic rings. The molecule has 1 amide bonds. The highest BCUT2D eigenvalue weighted by Crippen LogP contribution is 2.39. The number of primary sulfonamides is 1. The third kappa shape index (κ3) is 6.08. The van der Waals surface area contributed by atoms with Crippen LogP contribution in [-0.2, 0) is 14.8 Å². The summed E-state index contributed by atoms with van der Waals surface area (Å²) in [6.07, 6.45) is 5.17. The molecule has 0 saturated heterocycles. The van der Waals surface area contributed by atoms with E-state index >= 15 is 0 Å². The Labute approximate surface area is 230 Å². The van der Waals surface area contributed by atoms with Crippen molar-refractivity contribution in [1.29, 1.82) is 5.41 Å². The Bertz CT molecular complexity index is 1600. The lowest BCUT2D eigenvalue weighted by Crippen LogP contribution is -2.21. The first-order valence-corrected chi connectivity index (χ1v) is 13.7. The van der Waals surface area contributed by atoms with Gasteiger partial charge in [-0.15, -0.1) is 0 Å². The number of amides is 1. The number of anilines is 1. The van der Waals surface area contributed by atoms with Crippen LogP contribution in [0.5, 0.6) is 11.5 Å². The van der Waals surface area contributed by atoms with Crippen molar-refractivity contribution in [2.45, 2.75) is 17.7 Å². The molecule has 38 heavy (non-hydrogen) atoms. The molecule has 196 valence electrons. The molecule has 3 aromatic carbocycles. The van der Waals surface area contributed by atoms with Crippen molar-refractivity contribution >= 4 is 50.7 Å². The predicted molar refractivity (Wildman–Crippen MR) is 150 cm³/mol. The molecular formula is C27H24Cl2N4O4S. The molecule has 1 aliphatic carbocycles. The molecule has 0 heterocycles. The number of benzene rings is 3. The molecule has 8 nitrogen and oxygen atoms in total. The van der Waals surface area contributed by atoms with Gasteiger partial charge in [0.25, 0.3) is 5.91 Å². The quantitative estimate of drug-likeness (QED) is 0.216. The summed E-state index contributed by atoms with van der Waals surface area (Å²) in [5, 5.41) is 16.3. The zero-order chi connectivity index (χ0) is 27.6. The Kier molecular flexibility index (Phi) is 7.94. The van der Waals surface area contributed by atoms with Crippen molar-refractivity contribution in [3.63, 3.8) is 0 Å². The zero-order valence-corrected chi connectivity index (χ0v) is 22.4. The molecule has 0 aliphatic heterocycles. The molecule has 11 heteroatoms. The van der Waals surface area contributed by atoms with Gasteiger partial charge >= 0.3 is 0 Å². The van der Waals surface area contributed by atoms with Crippen LogP contribution in [0.4, 0.5) is 5.69 Å². The standard InChI is InChI=1S/C27H24Cl2N4O4S/c1-15-11-17(9-10-19(15)20-7-2-3-8-25(20)38(32,35)36)27(34)33-23-13-21(28)22(29)14-24(23)37-18-6-4-5-16(12-18)26(30)31/h2-15,19H,1H3,(H3,30,31)(H,33,34)(H2,32,35,36). The second-order valence-electron chi connectivity index (χ2n) is 8.71. The number of amidine groups is 1. The van der Waals surface area contributed by atoms with Gasteiger partial charge in [-0.1, -0.05) is 78.7 Å². The van der Waals surface area contributed by atoms with Crippen LogP contribution >= 0.6 is 23.2 Å². The van der Waals surface area contributed by atoms with Gasteiger partial charge in [-0.25, -0.2) is 13.6 Å². The smallest absolute Gasteiger partial charge is 0.255 e. The number of hydrogen-bond donors (Lipinski definition) is 4. The number of nitrogens with one attached hydrogen (secondary N) is 2. The topological polar surface area (TPSA) is 148 Å². The Balaban J connectivity index is 1.59. The number of hydrogen-bond acceptors (Lipinski definition) is 5. The van der Waals surface area contributed by atoms with Gasteiger partial charge in [0.05, 0.1) is 20.6 Å². The number of sulfonamides is 1. The van der Waals surface area contributed by atoms with Gasteiger partial charge < -0.3 is 15.8 Å². The summed E-state index contributed by atoms with van der Waals surface area (Å²) in [5.74, 6) is -0.420. The van der Waals surface area contributed by atoms with Gasteiger partial charge in [0.1, 0.15) is 11.6 Å². The molecular weight excluding hydrogens is 547 g/mol. The van der Waals surface area contributed by atoms with Crippen LogP contribution in [0, 0.1) is 11.3 Å². The maximum Gasteiger partial charge on any atom is 0.255 e. The molecule has 0 spiro atoms. The van der Waals surface area contributed by atoms with Gasteiger partial charge in [-0.3, -0.25) is 10.2 Å². The fourth-order valence-electron chi connectivity index (χ4n) is 4.14. The van der Waals surface area contributed by atoms with Crippen molar-refractivity contribution in [3.05, 3.63) is 106 Å². The first kappa shape index (κ1) is 27.4. The maximum absolute atomic E-state index is 13.2. The first-order valence-electron chi connectivity index (χ1n) is 11.4. The third-order valence-corrected chi connectivity index (χ3v) is 7.69. The minimum Gasteiger partial charge on any atom is -0.455 e. The molecule has 0 bridgehead atoms. The predicted octanol–water partition coefficient (Wildman–Crippen LogP) is 5.57. The molecule has 0 aromatic heterocycles. The highest BCUT2D eigenvalue weighted by atomic mass is 35.5. The van der Waals surface area contributed by atoms with E-state index in [9.17, 15) is 13.2 Å². The summed E-state index contributed by atoms with van der Waals surface area (Å²) in [5.41, 5.74) is 7.25. The molecule has 0 fully saturated rings. The van der Waals surface area contributed by atoms with Gasteiger partial charge in [0, 0.05) is 23.1 Å². The van der Waals surface area contributed by atoms with E-state index in [2.05, 4.69) is 5.32 Å². The van der Waals surface area contributed by atoms with Crippen LogP contribution in [-0.4, -0.2) is 20.2 Å². The number of carbonyl (C=O) groups excluding carboxylic acids is 1. The average molecular weight is 571 g/mol. The van der Waals surface area contributed by atoms with Crippen molar-refractivity contribution in [3.8, 4) is 11.5 Å². The van der Waals surface area contributed by atoms with Crippen molar-refractivity contribution in [2.24, 2.45) is 16.8 Å². The van der Waals surface area contributed by atoms with E-state index in [1.54, 1.807) is 60.7 Å². The average Bonchev–Trinajstić information content (AvgIpc) is 2.86. The molecule has 0 radical (unpaired) electrons. The number of halogens is 2. The molecule has 1 aliphatic rings. The molecule has 2 atom stereocenters. The number of nitrogen functional groups attached to an aromatic ring is 1. The number of allylic oxidation sites excluding steroid dienone is 2. The minimum atomic E-state index is -3.91. The van der Waals surface area contributed by atoms with Crippen LogP contribution in [0.25, 0.3) is 0 Å². The van der Waals surface area contributed by atoms with Gasteiger partial charge in [0.2, 0.25) is 10.0 Å². The minimum absolute atomic E-state index is 0.0502. The summed E-state index contributed by atoms with van der Waals surface area (Å²) in [6.45, 7) is 1.89. The normalized spacial score (nSPS) is 17.0. The van der Waals surface area contributed by atoms with E-state index in [-0.39, 0.29) is 44.0 Å². The van der Waals surface area contributed by atoms with E-state index in [0.717, 1.165) is 0 Å². The Hall–Kier alpha value is -3.63. The number of ether oxygens (including phenoxy) is 1. The van der Waals surface area contributed by atoms with E-state index in [4.69, 9.17) is 44.2 Å². The third-order valence-electron chi connectivity index (χ3n) is 5.98. The number of carbonyl (C=O) groups is 1. The van der Waals surface area contributed by atoms with E-state index in [1.165, 1.54) is 18.2 Å². The molecule has 2 unspecified atom stereocenters. The van der Waals surface area contributed by atoms with E-state index in [0.29, 0.717) is 22.4 Å². The molecule has 6 N–H and O–H groups in total. The summed E-state index contributed by atoms with van der Waals surface area (Å²) in [6, 6.07) is 16.1. The maximum atomic E-state index is 13.2. The lowest BCUT2D eigenvalue weighted by Gasteiger charge is -2.25. The van der Waals surface area contributed by atoms with Crippen molar-refractivity contribution in [2.75, 3.05) is 5.32 Å². The summed E-state index contributed by atoms with van der Waals surface area (Å²) in [4.78, 5) is 13.3. The van der Waals surface area contributed by atoms with Crippen LogP contribution in [0.15, 0.2) is 89.4 Å².